The summed E-state index contributed by atoms with van der Waals surface area (Å²) in [6.07, 6.45) is 6.74. The van der Waals surface area contributed by atoms with E-state index in [4.69, 9.17) is 0 Å². The molecule has 0 saturated carbocycles. The first kappa shape index (κ1) is 14.9. The Kier molecular flexibility index (Phi) is 7.09. The fourth-order valence-electron chi connectivity index (χ4n) is 2.64. The van der Waals surface area contributed by atoms with Crippen molar-refractivity contribution in [3.05, 3.63) is 0 Å². The second kappa shape index (κ2) is 8.06. The number of rotatable bonds is 8. The highest BCUT2D eigenvalue weighted by molar-refractivity contribution is 4.78. The van der Waals surface area contributed by atoms with E-state index >= 15 is 0 Å². The Balaban J connectivity index is 2.03. The molecular weight excluding hydrogens is 210 g/mol. The summed E-state index contributed by atoms with van der Waals surface area (Å²) in [5.74, 6) is 0. The molecule has 0 aromatic heterocycles. The summed E-state index contributed by atoms with van der Waals surface area (Å²) in [5, 5.41) is 3.30. The third kappa shape index (κ3) is 5.84. The Morgan fingerprint density at radius 1 is 1.41 bits per heavy atom. The van der Waals surface area contributed by atoms with Crippen LogP contribution in [0.25, 0.3) is 0 Å². The fourth-order valence-corrected chi connectivity index (χ4v) is 2.64. The lowest BCUT2D eigenvalue weighted by molar-refractivity contribution is 0.217. The minimum atomic E-state index is 0.668. The minimum absolute atomic E-state index is 0.668. The highest BCUT2D eigenvalue weighted by Crippen LogP contribution is 2.15. The van der Waals surface area contributed by atoms with Gasteiger partial charge in [-0.15, -0.1) is 0 Å². The van der Waals surface area contributed by atoms with Crippen molar-refractivity contribution in [2.45, 2.75) is 51.1 Å². The average molecular weight is 241 g/mol. The van der Waals surface area contributed by atoms with Crippen molar-refractivity contribution in [1.29, 1.82) is 0 Å². The largest absolute Gasteiger partial charge is 0.317 e. The molecule has 3 nitrogen and oxygen atoms in total. The molecule has 0 spiro atoms. The van der Waals surface area contributed by atoms with Crippen LogP contribution in [0.3, 0.4) is 0 Å². The number of nitrogens with zero attached hydrogens (tertiary/aromatic N) is 2. The molecule has 3 heteroatoms. The lowest BCUT2D eigenvalue weighted by Gasteiger charge is -2.25. The molecule has 1 fully saturated rings. The zero-order valence-corrected chi connectivity index (χ0v) is 12.2. The second-order valence-electron chi connectivity index (χ2n) is 5.72. The molecule has 2 atom stereocenters. The summed E-state index contributed by atoms with van der Waals surface area (Å²) in [7, 11) is 6.58. The Bertz CT molecular complexity index is 196. The fraction of sp³-hybridized carbons (Fsp3) is 1.00. The molecule has 2 unspecified atom stereocenters. The van der Waals surface area contributed by atoms with Crippen molar-refractivity contribution >= 4 is 0 Å². The quantitative estimate of drug-likeness (QED) is 0.654. The molecule has 0 amide bonds. The first-order chi connectivity index (χ1) is 8.13. The number of likely N-dealkylation sites (N-methyl/N-ethyl adjacent to an activating group) is 2. The van der Waals surface area contributed by atoms with Gasteiger partial charge in [0.05, 0.1) is 0 Å². The van der Waals surface area contributed by atoms with Gasteiger partial charge in [-0.2, -0.15) is 0 Å². The standard InChI is InChI=1S/C14H31N3/c1-13(15-2)8-5-6-10-16(3)12-14-9-7-11-17(14)4/h13-15H,5-12H2,1-4H3. The molecule has 1 N–H and O–H groups in total. The van der Waals surface area contributed by atoms with Gasteiger partial charge in [0.2, 0.25) is 0 Å². The van der Waals surface area contributed by atoms with Gasteiger partial charge in [0.1, 0.15) is 0 Å². The monoisotopic (exact) mass is 241 g/mol. The predicted molar refractivity (Wildman–Crippen MR) is 75.5 cm³/mol. The Morgan fingerprint density at radius 3 is 2.76 bits per heavy atom. The molecule has 1 saturated heterocycles. The van der Waals surface area contributed by atoms with Crippen LogP contribution in [0.1, 0.15) is 39.0 Å². The number of likely N-dealkylation sites (tertiary alicyclic amines) is 1. The molecule has 0 bridgehead atoms. The molecule has 0 radical (unpaired) electrons. The van der Waals surface area contributed by atoms with Crippen molar-refractivity contribution < 1.29 is 0 Å². The highest BCUT2D eigenvalue weighted by atomic mass is 15.2. The van der Waals surface area contributed by atoms with Crippen molar-refractivity contribution in [3.63, 3.8) is 0 Å². The van der Waals surface area contributed by atoms with E-state index in [2.05, 4.69) is 36.1 Å². The van der Waals surface area contributed by atoms with Crippen LogP contribution in [0.4, 0.5) is 0 Å². The molecule has 17 heavy (non-hydrogen) atoms. The summed E-state index contributed by atoms with van der Waals surface area (Å²) in [5.41, 5.74) is 0. The smallest absolute Gasteiger partial charge is 0.0220 e. The molecule has 1 rings (SSSR count). The molecule has 0 aliphatic carbocycles. The van der Waals surface area contributed by atoms with Gasteiger partial charge in [0.15, 0.2) is 0 Å². The highest BCUT2D eigenvalue weighted by Gasteiger charge is 2.21. The van der Waals surface area contributed by atoms with E-state index in [1.807, 2.05) is 7.05 Å². The van der Waals surface area contributed by atoms with E-state index in [1.54, 1.807) is 0 Å². The summed E-state index contributed by atoms with van der Waals surface area (Å²) in [4.78, 5) is 5.02. The third-order valence-corrected chi connectivity index (χ3v) is 4.11. The van der Waals surface area contributed by atoms with Crippen LogP contribution in [0.5, 0.6) is 0 Å². The molecule has 0 aromatic rings. The Labute approximate surface area is 108 Å². The lowest BCUT2D eigenvalue weighted by atomic mass is 10.1. The topological polar surface area (TPSA) is 18.5 Å². The lowest BCUT2D eigenvalue weighted by Crippen LogP contribution is -2.37. The summed E-state index contributed by atoms with van der Waals surface area (Å²) < 4.78 is 0. The first-order valence-electron chi connectivity index (χ1n) is 7.19. The van der Waals surface area contributed by atoms with E-state index in [0.29, 0.717) is 6.04 Å². The van der Waals surface area contributed by atoms with Crippen LogP contribution >= 0.6 is 0 Å². The molecule has 1 aliphatic heterocycles. The molecule has 1 heterocycles. The van der Waals surface area contributed by atoms with E-state index in [0.717, 1.165) is 6.04 Å². The predicted octanol–water partition coefficient (Wildman–Crippen LogP) is 1.79. The van der Waals surface area contributed by atoms with Gasteiger partial charge >= 0.3 is 0 Å². The Morgan fingerprint density at radius 2 is 2.18 bits per heavy atom. The average Bonchev–Trinajstić information content (AvgIpc) is 2.70. The van der Waals surface area contributed by atoms with Crippen LogP contribution < -0.4 is 5.32 Å². The van der Waals surface area contributed by atoms with E-state index in [9.17, 15) is 0 Å². The summed E-state index contributed by atoms with van der Waals surface area (Å²) in [6, 6.07) is 1.47. The van der Waals surface area contributed by atoms with Gasteiger partial charge in [-0.1, -0.05) is 6.42 Å². The second-order valence-corrected chi connectivity index (χ2v) is 5.72. The van der Waals surface area contributed by atoms with Crippen LogP contribution in [0, 0.1) is 0 Å². The molecule has 102 valence electrons. The van der Waals surface area contributed by atoms with Crippen molar-refractivity contribution in [3.8, 4) is 0 Å². The van der Waals surface area contributed by atoms with Crippen molar-refractivity contribution in [2.75, 3.05) is 40.8 Å². The summed E-state index contributed by atoms with van der Waals surface area (Å²) >= 11 is 0. The maximum Gasteiger partial charge on any atom is 0.0220 e. The third-order valence-electron chi connectivity index (χ3n) is 4.11. The zero-order chi connectivity index (χ0) is 12.7. The van der Waals surface area contributed by atoms with Crippen LogP contribution in [0.2, 0.25) is 0 Å². The Hall–Kier alpha value is -0.120. The van der Waals surface area contributed by atoms with Gasteiger partial charge in [0.25, 0.3) is 0 Å². The van der Waals surface area contributed by atoms with E-state index in [-0.39, 0.29) is 0 Å². The maximum absolute atomic E-state index is 3.30. The minimum Gasteiger partial charge on any atom is -0.317 e. The first-order valence-corrected chi connectivity index (χ1v) is 7.19. The number of hydrogen-bond donors (Lipinski definition) is 1. The molecule has 1 aliphatic rings. The molecular formula is C14H31N3. The normalized spacial score (nSPS) is 23.5. The van der Waals surface area contributed by atoms with Gasteiger partial charge in [-0.05, 0) is 66.8 Å². The van der Waals surface area contributed by atoms with Gasteiger partial charge in [-0.25, -0.2) is 0 Å². The van der Waals surface area contributed by atoms with E-state index in [1.165, 1.54) is 51.7 Å². The van der Waals surface area contributed by atoms with Crippen LogP contribution in [-0.2, 0) is 0 Å². The van der Waals surface area contributed by atoms with Crippen molar-refractivity contribution in [2.24, 2.45) is 0 Å². The van der Waals surface area contributed by atoms with Crippen LogP contribution in [0.15, 0.2) is 0 Å². The van der Waals surface area contributed by atoms with Gasteiger partial charge in [-0.3, -0.25) is 0 Å². The SMILES string of the molecule is CNC(C)CCCCN(C)CC1CCCN1C. The zero-order valence-electron chi connectivity index (χ0n) is 12.2. The number of unbranched alkanes of at least 4 members (excludes halogenated alkanes) is 1. The van der Waals surface area contributed by atoms with Crippen LogP contribution in [-0.4, -0.2) is 62.7 Å². The number of nitrogens with one attached hydrogen (secondary N) is 1. The maximum atomic E-state index is 3.30. The van der Waals surface area contributed by atoms with Gasteiger partial charge in [0, 0.05) is 18.6 Å². The van der Waals surface area contributed by atoms with Gasteiger partial charge < -0.3 is 15.1 Å². The number of hydrogen-bond acceptors (Lipinski definition) is 3. The van der Waals surface area contributed by atoms with Crippen molar-refractivity contribution in [1.82, 2.24) is 15.1 Å². The molecule has 0 aromatic carbocycles. The summed E-state index contributed by atoms with van der Waals surface area (Å²) in [6.45, 7) is 6.05. The van der Waals surface area contributed by atoms with E-state index < -0.39 is 0 Å².